The van der Waals surface area contributed by atoms with Gasteiger partial charge in [0.2, 0.25) is 0 Å². The van der Waals surface area contributed by atoms with Crippen molar-refractivity contribution in [3.8, 4) is 5.75 Å². The molecule has 1 N–H and O–H groups in total. The summed E-state index contributed by atoms with van der Waals surface area (Å²) >= 11 is 0. The lowest BCUT2D eigenvalue weighted by Crippen LogP contribution is -2.54. The van der Waals surface area contributed by atoms with Crippen molar-refractivity contribution < 1.29 is 4.74 Å². The van der Waals surface area contributed by atoms with Crippen LogP contribution in [0.1, 0.15) is 51.0 Å². The van der Waals surface area contributed by atoms with Gasteiger partial charge in [0.15, 0.2) is 0 Å². The molecule has 1 atom stereocenters. The minimum atomic E-state index is 0.580. The van der Waals surface area contributed by atoms with Crippen LogP contribution in [-0.4, -0.2) is 13.2 Å². The van der Waals surface area contributed by atoms with Crippen molar-refractivity contribution in [2.24, 2.45) is 23.2 Å². The Balaban J connectivity index is 1.45. The number of para-hydroxylation sites is 1. The van der Waals surface area contributed by atoms with Gasteiger partial charge in [0, 0.05) is 18.2 Å². The third-order valence-electron chi connectivity index (χ3n) is 6.80. The number of rotatable bonds is 5. The van der Waals surface area contributed by atoms with Crippen molar-refractivity contribution in [2.75, 3.05) is 7.11 Å². The van der Waals surface area contributed by atoms with E-state index in [1.807, 2.05) is 6.07 Å². The van der Waals surface area contributed by atoms with Gasteiger partial charge in [0.25, 0.3) is 0 Å². The van der Waals surface area contributed by atoms with E-state index in [1.165, 1.54) is 44.1 Å². The monoisotopic (exact) mass is 299 g/mol. The van der Waals surface area contributed by atoms with Crippen LogP contribution in [0, 0.1) is 23.2 Å². The number of benzene rings is 1. The van der Waals surface area contributed by atoms with E-state index < -0.39 is 0 Å². The predicted octanol–water partition coefficient (Wildman–Crippen LogP) is 4.39. The first-order valence-corrected chi connectivity index (χ1v) is 9.04. The van der Waals surface area contributed by atoms with Gasteiger partial charge in [-0.2, -0.15) is 0 Å². The molecule has 1 aromatic rings. The van der Waals surface area contributed by atoms with Gasteiger partial charge in [-0.25, -0.2) is 0 Å². The molecule has 0 aromatic heterocycles. The SMILES string of the molecule is COc1ccccc1CN[C@H](C)C12CC3CC(CC(C3)C1)C2. The Morgan fingerprint density at radius 3 is 2.27 bits per heavy atom. The zero-order valence-electron chi connectivity index (χ0n) is 14.0. The van der Waals surface area contributed by atoms with E-state index in [4.69, 9.17) is 4.74 Å². The second-order valence-corrected chi connectivity index (χ2v) is 8.19. The molecular formula is C20H29NO. The number of nitrogens with one attached hydrogen (secondary N) is 1. The van der Waals surface area contributed by atoms with Crippen LogP contribution in [0.5, 0.6) is 5.75 Å². The fourth-order valence-corrected chi connectivity index (χ4v) is 6.04. The third kappa shape index (κ3) is 2.46. The van der Waals surface area contributed by atoms with Crippen molar-refractivity contribution in [2.45, 2.75) is 58.0 Å². The maximum atomic E-state index is 5.49. The second-order valence-electron chi connectivity index (χ2n) is 8.19. The molecule has 120 valence electrons. The van der Waals surface area contributed by atoms with E-state index >= 15 is 0 Å². The molecule has 4 bridgehead atoms. The predicted molar refractivity (Wildman–Crippen MR) is 89.9 cm³/mol. The van der Waals surface area contributed by atoms with Crippen molar-refractivity contribution in [1.82, 2.24) is 5.32 Å². The topological polar surface area (TPSA) is 21.3 Å². The zero-order chi connectivity index (χ0) is 15.2. The molecule has 0 heterocycles. The van der Waals surface area contributed by atoms with E-state index in [2.05, 4.69) is 30.4 Å². The van der Waals surface area contributed by atoms with Crippen LogP contribution >= 0.6 is 0 Å². The van der Waals surface area contributed by atoms with Crippen LogP contribution < -0.4 is 10.1 Å². The highest BCUT2D eigenvalue weighted by atomic mass is 16.5. The van der Waals surface area contributed by atoms with Gasteiger partial charge in [-0.3, -0.25) is 0 Å². The van der Waals surface area contributed by atoms with Gasteiger partial charge < -0.3 is 10.1 Å². The summed E-state index contributed by atoms with van der Waals surface area (Å²) in [5.74, 6) is 4.10. The molecule has 0 unspecified atom stereocenters. The van der Waals surface area contributed by atoms with Crippen molar-refractivity contribution in [1.29, 1.82) is 0 Å². The molecule has 0 spiro atoms. The van der Waals surface area contributed by atoms with Gasteiger partial charge in [-0.05, 0) is 74.7 Å². The van der Waals surface area contributed by atoms with Crippen LogP contribution in [0.4, 0.5) is 0 Å². The molecule has 2 heteroatoms. The smallest absolute Gasteiger partial charge is 0.123 e. The summed E-state index contributed by atoms with van der Waals surface area (Å²) in [5, 5.41) is 3.85. The largest absolute Gasteiger partial charge is 0.496 e. The molecule has 1 aromatic carbocycles. The molecule has 4 aliphatic rings. The average Bonchev–Trinajstić information content (AvgIpc) is 2.51. The Morgan fingerprint density at radius 2 is 1.68 bits per heavy atom. The minimum Gasteiger partial charge on any atom is -0.496 e. The van der Waals surface area contributed by atoms with Crippen LogP contribution in [0.25, 0.3) is 0 Å². The Labute approximate surface area is 134 Å². The minimum absolute atomic E-state index is 0.580. The average molecular weight is 299 g/mol. The highest BCUT2D eigenvalue weighted by Gasteiger charge is 2.52. The Bertz CT molecular complexity index is 503. The number of methoxy groups -OCH3 is 1. The maximum absolute atomic E-state index is 5.49. The first-order chi connectivity index (χ1) is 10.7. The Morgan fingerprint density at radius 1 is 1.09 bits per heavy atom. The summed E-state index contributed by atoms with van der Waals surface area (Å²) < 4.78 is 5.49. The molecule has 0 saturated heterocycles. The number of ether oxygens (including phenoxy) is 1. The summed E-state index contributed by atoms with van der Waals surface area (Å²) in [4.78, 5) is 0. The van der Waals surface area contributed by atoms with Crippen molar-refractivity contribution in [3.05, 3.63) is 29.8 Å². The maximum Gasteiger partial charge on any atom is 0.123 e. The lowest BCUT2D eigenvalue weighted by molar-refractivity contribution is -0.0706. The summed E-state index contributed by atoms with van der Waals surface area (Å²) in [7, 11) is 1.77. The first kappa shape index (κ1) is 14.6. The summed E-state index contributed by atoms with van der Waals surface area (Å²) in [6.07, 6.45) is 8.99. The highest BCUT2D eigenvalue weighted by molar-refractivity contribution is 5.33. The number of hydrogen-bond acceptors (Lipinski definition) is 2. The highest BCUT2D eigenvalue weighted by Crippen LogP contribution is 2.61. The summed E-state index contributed by atoms with van der Waals surface area (Å²) in [6, 6.07) is 9.01. The molecule has 2 nitrogen and oxygen atoms in total. The van der Waals surface area contributed by atoms with Crippen molar-refractivity contribution in [3.63, 3.8) is 0 Å². The molecule has 0 aliphatic heterocycles. The molecule has 0 amide bonds. The van der Waals surface area contributed by atoms with Crippen LogP contribution in [0.15, 0.2) is 24.3 Å². The molecule has 22 heavy (non-hydrogen) atoms. The molecule has 4 fully saturated rings. The van der Waals surface area contributed by atoms with Crippen LogP contribution in [-0.2, 0) is 6.54 Å². The van der Waals surface area contributed by atoms with Crippen molar-refractivity contribution >= 4 is 0 Å². The molecule has 4 aliphatic carbocycles. The van der Waals surface area contributed by atoms with Crippen LogP contribution in [0.3, 0.4) is 0 Å². The zero-order valence-corrected chi connectivity index (χ0v) is 14.0. The van der Waals surface area contributed by atoms with Gasteiger partial charge in [0.1, 0.15) is 5.75 Å². The Kier molecular flexibility index (Phi) is 3.68. The quantitative estimate of drug-likeness (QED) is 0.870. The molecule has 4 saturated carbocycles. The van der Waals surface area contributed by atoms with Gasteiger partial charge in [0.05, 0.1) is 7.11 Å². The van der Waals surface area contributed by atoms with E-state index in [1.54, 1.807) is 7.11 Å². The van der Waals surface area contributed by atoms with Crippen LogP contribution in [0.2, 0.25) is 0 Å². The standard InChI is InChI=1S/C20H29NO/c1-14(21-13-18-5-3-4-6-19(18)22-2)20-10-15-7-16(11-20)9-17(8-15)12-20/h3-6,14-17,21H,7-13H2,1-2H3/t14-,15?,16?,17?,20?/m1/s1. The van der Waals surface area contributed by atoms with Gasteiger partial charge in [-0.1, -0.05) is 18.2 Å². The molecular weight excluding hydrogens is 270 g/mol. The fourth-order valence-electron chi connectivity index (χ4n) is 6.04. The Hall–Kier alpha value is -1.02. The normalized spacial score (nSPS) is 37.3. The van der Waals surface area contributed by atoms with E-state index in [0.717, 1.165) is 30.0 Å². The van der Waals surface area contributed by atoms with E-state index in [9.17, 15) is 0 Å². The lowest BCUT2D eigenvalue weighted by Gasteiger charge is -2.59. The third-order valence-corrected chi connectivity index (χ3v) is 6.80. The summed E-state index contributed by atoms with van der Waals surface area (Å²) in [5.41, 5.74) is 1.86. The summed E-state index contributed by atoms with van der Waals surface area (Å²) in [6.45, 7) is 3.36. The van der Waals surface area contributed by atoms with Gasteiger partial charge in [-0.15, -0.1) is 0 Å². The van der Waals surface area contributed by atoms with E-state index in [-0.39, 0.29) is 0 Å². The fraction of sp³-hybridized carbons (Fsp3) is 0.700. The first-order valence-electron chi connectivity index (χ1n) is 9.04. The molecule has 5 rings (SSSR count). The van der Waals surface area contributed by atoms with Gasteiger partial charge >= 0.3 is 0 Å². The second kappa shape index (κ2) is 5.56. The van der Waals surface area contributed by atoms with E-state index in [0.29, 0.717) is 11.5 Å². The molecule has 0 radical (unpaired) electrons. The number of hydrogen-bond donors (Lipinski definition) is 1. The lowest BCUT2D eigenvalue weighted by atomic mass is 9.48.